The molecule has 0 spiro atoms. The van der Waals surface area contributed by atoms with E-state index in [0.29, 0.717) is 23.4 Å². The van der Waals surface area contributed by atoms with Crippen molar-refractivity contribution in [2.45, 2.75) is 19.8 Å². The molecule has 0 bridgehead atoms. The first-order chi connectivity index (χ1) is 12.7. The number of carbonyl (C=O) groups is 1. The molecule has 6 heteroatoms. The summed E-state index contributed by atoms with van der Waals surface area (Å²) in [6.45, 7) is 4.16. The van der Waals surface area contributed by atoms with Crippen molar-refractivity contribution >= 4 is 27.5 Å². The van der Waals surface area contributed by atoms with Crippen molar-refractivity contribution in [1.29, 1.82) is 0 Å². The zero-order chi connectivity index (χ0) is 17.9. The topological polar surface area (TPSA) is 55.3 Å². The van der Waals surface area contributed by atoms with Gasteiger partial charge in [0.25, 0.3) is 5.91 Å². The van der Waals surface area contributed by atoms with Gasteiger partial charge in [-0.25, -0.2) is 9.97 Å². The van der Waals surface area contributed by atoms with Crippen molar-refractivity contribution in [3.63, 3.8) is 0 Å². The number of nitrogens with zero attached hydrogens (tertiary/aromatic N) is 3. The van der Waals surface area contributed by atoms with Gasteiger partial charge in [-0.15, -0.1) is 11.3 Å². The second kappa shape index (κ2) is 7.41. The lowest BCUT2D eigenvalue weighted by Crippen LogP contribution is -2.39. The quantitative estimate of drug-likeness (QED) is 0.701. The number of para-hydroxylation sites is 1. The number of pyridine rings is 1. The summed E-state index contributed by atoms with van der Waals surface area (Å²) in [5, 5.41) is 0.588. The predicted octanol–water partition coefficient (Wildman–Crippen LogP) is 3.93. The van der Waals surface area contributed by atoms with E-state index in [1.165, 1.54) is 11.3 Å². The lowest BCUT2D eigenvalue weighted by atomic mass is 9.98. The summed E-state index contributed by atoms with van der Waals surface area (Å²) in [5.74, 6) is 1.21. The summed E-state index contributed by atoms with van der Waals surface area (Å²) in [7, 11) is 0. The Bertz CT molecular complexity index is 883. The molecule has 0 radical (unpaired) electrons. The molecule has 3 heterocycles. The number of carbonyl (C=O) groups excluding carboxylic acids is 1. The van der Waals surface area contributed by atoms with Crippen LogP contribution < -0.4 is 4.74 Å². The summed E-state index contributed by atoms with van der Waals surface area (Å²) in [6.07, 6.45) is 3.65. The Morgan fingerprint density at radius 1 is 1.23 bits per heavy atom. The molecule has 1 saturated heterocycles. The number of piperidine rings is 1. The molecule has 5 nitrogen and oxygen atoms in total. The van der Waals surface area contributed by atoms with Gasteiger partial charge in [-0.2, -0.15) is 0 Å². The highest BCUT2D eigenvalue weighted by atomic mass is 32.1. The highest BCUT2D eigenvalue weighted by Gasteiger charge is 2.26. The predicted molar refractivity (Wildman–Crippen MR) is 103 cm³/mol. The van der Waals surface area contributed by atoms with Crippen LogP contribution in [0.25, 0.3) is 10.2 Å². The van der Waals surface area contributed by atoms with Crippen LogP contribution in [0.2, 0.25) is 0 Å². The van der Waals surface area contributed by atoms with Crippen LogP contribution in [0.15, 0.2) is 42.6 Å². The SMILES string of the molecule is Cc1cccnc1OCC1CCN(C(=O)c2nc3ccccc3s2)CC1. The standard InChI is InChI=1S/C20H21N3O2S/c1-14-5-4-10-21-18(14)25-13-15-8-11-23(12-9-15)20(24)19-22-16-6-2-3-7-17(16)26-19/h2-7,10,15H,8-9,11-13H2,1H3. The van der Waals surface area contributed by atoms with Crippen LogP contribution in [0, 0.1) is 12.8 Å². The summed E-state index contributed by atoms with van der Waals surface area (Å²) < 4.78 is 6.93. The van der Waals surface area contributed by atoms with Gasteiger partial charge in [-0.3, -0.25) is 4.79 Å². The van der Waals surface area contributed by atoms with Crippen LogP contribution in [-0.2, 0) is 0 Å². The first-order valence-corrected chi connectivity index (χ1v) is 9.71. The van der Waals surface area contributed by atoms with Crippen LogP contribution in [0.5, 0.6) is 5.88 Å². The van der Waals surface area contributed by atoms with Gasteiger partial charge in [0.2, 0.25) is 5.88 Å². The summed E-state index contributed by atoms with van der Waals surface area (Å²) >= 11 is 1.47. The zero-order valence-corrected chi connectivity index (χ0v) is 15.5. The van der Waals surface area contributed by atoms with Crippen LogP contribution in [0.1, 0.15) is 28.2 Å². The average molecular weight is 367 g/mol. The minimum Gasteiger partial charge on any atom is -0.477 e. The molecule has 0 aliphatic carbocycles. The number of likely N-dealkylation sites (tertiary alicyclic amines) is 1. The number of fused-ring (bicyclic) bond motifs is 1. The molecular weight excluding hydrogens is 346 g/mol. The average Bonchev–Trinajstić information content (AvgIpc) is 3.11. The Balaban J connectivity index is 1.33. The fourth-order valence-electron chi connectivity index (χ4n) is 3.22. The number of hydrogen-bond donors (Lipinski definition) is 0. The fourth-order valence-corrected chi connectivity index (χ4v) is 4.15. The van der Waals surface area contributed by atoms with Crippen molar-refractivity contribution in [2.24, 2.45) is 5.92 Å². The summed E-state index contributed by atoms with van der Waals surface area (Å²) in [6, 6.07) is 11.8. The van der Waals surface area contributed by atoms with Crippen molar-refractivity contribution in [3.8, 4) is 5.88 Å². The van der Waals surface area contributed by atoms with E-state index >= 15 is 0 Å². The van der Waals surface area contributed by atoms with E-state index in [9.17, 15) is 4.79 Å². The highest BCUT2D eigenvalue weighted by Crippen LogP contribution is 2.25. The molecular formula is C20H21N3O2S. The number of ether oxygens (including phenoxy) is 1. The van der Waals surface area contributed by atoms with Gasteiger partial charge in [0.05, 0.1) is 16.8 Å². The van der Waals surface area contributed by atoms with E-state index in [1.54, 1.807) is 6.20 Å². The first kappa shape index (κ1) is 17.0. The number of aromatic nitrogens is 2. The molecule has 1 aromatic carbocycles. The smallest absolute Gasteiger partial charge is 0.282 e. The molecule has 134 valence electrons. The van der Waals surface area contributed by atoms with Gasteiger partial charge in [0.15, 0.2) is 5.01 Å². The Labute approximate surface area is 156 Å². The molecule has 0 saturated carbocycles. The number of hydrogen-bond acceptors (Lipinski definition) is 5. The maximum Gasteiger partial charge on any atom is 0.282 e. The summed E-state index contributed by atoms with van der Waals surface area (Å²) in [5.41, 5.74) is 1.95. The molecule has 26 heavy (non-hydrogen) atoms. The molecule has 1 aliphatic heterocycles. The van der Waals surface area contributed by atoms with Gasteiger partial charge in [0.1, 0.15) is 0 Å². The number of aryl methyl sites for hydroxylation is 1. The minimum atomic E-state index is 0.0474. The first-order valence-electron chi connectivity index (χ1n) is 8.90. The maximum atomic E-state index is 12.7. The monoisotopic (exact) mass is 367 g/mol. The third-order valence-corrected chi connectivity index (χ3v) is 5.82. The Hall–Kier alpha value is -2.47. The Morgan fingerprint density at radius 3 is 2.81 bits per heavy atom. The van der Waals surface area contributed by atoms with Crippen LogP contribution in [0.3, 0.4) is 0 Å². The molecule has 0 N–H and O–H groups in total. The molecule has 1 fully saturated rings. The Morgan fingerprint density at radius 2 is 2.04 bits per heavy atom. The normalized spacial score (nSPS) is 15.3. The largest absolute Gasteiger partial charge is 0.477 e. The third-order valence-electron chi connectivity index (χ3n) is 4.80. The molecule has 0 atom stereocenters. The van der Waals surface area contributed by atoms with E-state index in [-0.39, 0.29) is 5.91 Å². The number of rotatable bonds is 4. The van der Waals surface area contributed by atoms with E-state index in [0.717, 1.165) is 41.7 Å². The van der Waals surface area contributed by atoms with E-state index in [4.69, 9.17) is 4.74 Å². The third kappa shape index (κ3) is 3.55. The van der Waals surface area contributed by atoms with Crippen molar-refractivity contribution in [1.82, 2.24) is 14.9 Å². The van der Waals surface area contributed by atoms with Gasteiger partial charge in [0, 0.05) is 24.8 Å². The molecule has 1 amide bonds. The lowest BCUT2D eigenvalue weighted by Gasteiger charge is -2.31. The van der Waals surface area contributed by atoms with Crippen molar-refractivity contribution in [3.05, 3.63) is 53.2 Å². The molecule has 2 aromatic heterocycles. The molecule has 1 aliphatic rings. The van der Waals surface area contributed by atoms with E-state index < -0.39 is 0 Å². The van der Waals surface area contributed by atoms with Crippen LogP contribution >= 0.6 is 11.3 Å². The number of benzene rings is 1. The molecule has 4 rings (SSSR count). The summed E-state index contributed by atoms with van der Waals surface area (Å²) in [4.78, 5) is 23.4. The van der Waals surface area contributed by atoms with Crippen LogP contribution in [0.4, 0.5) is 0 Å². The van der Waals surface area contributed by atoms with Gasteiger partial charge < -0.3 is 9.64 Å². The molecule has 3 aromatic rings. The van der Waals surface area contributed by atoms with Crippen molar-refractivity contribution < 1.29 is 9.53 Å². The van der Waals surface area contributed by atoms with Crippen LogP contribution in [-0.4, -0.2) is 40.5 Å². The number of amides is 1. The number of thiazole rings is 1. The maximum absolute atomic E-state index is 12.7. The highest BCUT2D eigenvalue weighted by molar-refractivity contribution is 7.20. The van der Waals surface area contributed by atoms with Crippen molar-refractivity contribution in [2.75, 3.05) is 19.7 Å². The van der Waals surface area contributed by atoms with E-state index in [2.05, 4.69) is 9.97 Å². The Kier molecular flexibility index (Phi) is 4.84. The second-order valence-corrected chi connectivity index (χ2v) is 7.69. The molecule has 0 unspecified atom stereocenters. The fraction of sp³-hybridized carbons (Fsp3) is 0.350. The lowest BCUT2D eigenvalue weighted by molar-refractivity contribution is 0.0659. The second-order valence-electron chi connectivity index (χ2n) is 6.66. The zero-order valence-electron chi connectivity index (χ0n) is 14.7. The van der Waals surface area contributed by atoms with Gasteiger partial charge in [-0.1, -0.05) is 18.2 Å². The minimum absolute atomic E-state index is 0.0474. The van der Waals surface area contributed by atoms with E-state index in [1.807, 2.05) is 48.2 Å². The van der Waals surface area contributed by atoms with Gasteiger partial charge in [-0.05, 0) is 43.9 Å². The van der Waals surface area contributed by atoms with Gasteiger partial charge >= 0.3 is 0 Å².